The average molecular weight is 257 g/mol. The standard InChI is InChI=1S/C13H11N3OS/c1-9-6-11(16-17-9)8-18-13-12-5-3-2-4-10(12)7-14-15-13/h2-7H,8H2,1H3. The molecule has 0 amide bonds. The van der Waals surface area contributed by atoms with Crippen molar-refractivity contribution in [1.29, 1.82) is 0 Å². The number of thioether (sulfide) groups is 1. The molecule has 0 atom stereocenters. The zero-order chi connectivity index (χ0) is 12.4. The molecule has 5 heteroatoms. The Morgan fingerprint density at radius 3 is 3.00 bits per heavy atom. The molecule has 0 aliphatic carbocycles. The average Bonchev–Trinajstić information content (AvgIpc) is 2.82. The molecular formula is C13H11N3OS. The van der Waals surface area contributed by atoms with E-state index in [-0.39, 0.29) is 0 Å². The SMILES string of the molecule is Cc1cc(CSc2nncc3ccccc23)no1. The quantitative estimate of drug-likeness (QED) is 0.674. The van der Waals surface area contributed by atoms with Gasteiger partial charge in [0.15, 0.2) is 0 Å². The fraction of sp³-hybridized carbons (Fsp3) is 0.154. The number of hydrogen-bond acceptors (Lipinski definition) is 5. The smallest absolute Gasteiger partial charge is 0.133 e. The van der Waals surface area contributed by atoms with Gasteiger partial charge in [-0.15, -0.1) is 5.10 Å². The summed E-state index contributed by atoms with van der Waals surface area (Å²) >= 11 is 1.62. The number of hydrogen-bond donors (Lipinski definition) is 0. The molecule has 0 fully saturated rings. The molecule has 0 N–H and O–H groups in total. The first kappa shape index (κ1) is 11.2. The van der Waals surface area contributed by atoms with Crippen molar-refractivity contribution < 1.29 is 4.52 Å². The molecule has 2 heterocycles. The third-order valence-corrected chi connectivity index (χ3v) is 3.59. The summed E-state index contributed by atoms with van der Waals surface area (Å²) in [4.78, 5) is 0. The van der Waals surface area contributed by atoms with E-state index in [0.29, 0.717) is 0 Å². The lowest BCUT2D eigenvalue weighted by Crippen LogP contribution is -1.88. The monoisotopic (exact) mass is 257 g/mol. The van der Waals surface area contributed by atoms with Gasteiger partial charge in [-0.2, -0.15) is 5.10 Å². The fourth-order valence-corrected chi connectivity index (χ4v) is 2.60. The van der Waals surface area contributed by atoms with Crippen LogP contribution in [0.1, 0.15) is 11.5 Å². The lowest BCUT2D eigenvalue weighted by molar-refractivity contribution is 0.393. The van der Waals surface area contributed by atoms with E-state index < -0.39 is 0 Å². The molecule has 0 bridgehead atoms. The van der Waals surface area contributed by atoms with Crippen molar-refractivity contribution in [3.05, 3.63) is 48.0 Å². The summed E-state index contributed by atoms with van der Waals surface area (Å²) in [5.74, 6) is 1.56. The predicted molar refractivity (Wildman–Crippen MR) is 70.3 cm³/mol. The van der Waals surface area contributed by atoms with E-state index in [2.05, 4.69) is 21.4 Å². The first-order valence-corrected chi connectivity index (χ1v) is 6.57. The van der Waals surface area contributed by atoms with Crippen LogP contribution >= 0.6 is 11.8 Å². The number of nitrogens with zero attached hydrogens (tertiary/aromatic N) is 3. The van der Waals surface area contributed by atoms with Gasteiger partial charge in [0.05, 0.1) is 11.9 Å². The Morgan fingerprint density at radius 2 is 2.17 bits per heavy atom. The van der Waals surface area contributed by atoms with E-state index in [4.69, 9.17) is 4.52 Å². The summed E-state index contributed by atoms with van der Waals surface area (Å²) < 4.78 is 5.04. The van der Waals surface area contributed by atoms with Crippen LogP contribution in [0.2, 0.25) is 0 Å². The molecule has 1 aromatic carbocycles. The van der Waals surface area contributed by atoms with Crippen molar-refractivity contribution in [2.24, 2.45) is 0 Å². The fourth-order valence-electron chi connectivity index (χ4n) is 1.74. The molecule has 0 saturated carbocycles. The van der Waals surface area contributed by atoms with E-state index in [1.54, 1.807) is 18.0 Å². The third kappa shape index (κ3) is 2.22. The number of benzene rings is 1. The third-order valence-electron chi connectivity index (χ3n) is 2.57. The Kier molecular flexibility index (Phi) is 2.98. The minimum Gasteiger partial charge on any atom is -0.361 e. The van der Waals surface area contributed by atoms with Crippen LogP contribution in [0.3, 0.4) is 0 Å². The van der Waals surface area contributed by atoms with Crippen LogP contribution in [0, 0.1) is 6.92 Å². The van der Waals surface area contributed by atoms with Gasteiger partial charge in [-0.25, -0.2) is 0 Å². The van der Waals surface area contributed by atoms with Crippen LogP contribution in [0.15, 0.2) is 46.1 Å². The van der Waals surface area contributed by atoms with E-state index >= 15 is 0 Å². The minimum atomic E-state index is 0.736. The van der Waals surface area contributed by atoms with Crippen LogP contribution in [0.25, 0.3) is 10.8 Å². The van der Waals surface area contributed by atoms with Crippen molar-refractivity contribution in [1.82, 2.24) is 15.4 Å². The number of rotatable bonds is 3. The molecule has 4 nitrogen and oxygen atoms in total. The normalized spacial score (nSPS) is 10.9. The zero-order valence-corrected chi connectivity index (χ0v) is 10.6. The van der Waals surface area contributed by atoms with Crippen molar-refractivity contribution >= 4 is 22.5 Å². The lowest BCUT2D eigenvalue weighted by atomic mass is 10.2. The Bertz CT molecular complexity index is 675. The summed E-state index contributed by atoms with van der Waals surface area (Å²) in [5.41, 5.74) is 0.923. The maximum atomic E-state index is 5.04. The van der Waals surface area contributed by atoms with Crippen LogP contribution in [0.5, 0.6) is 0 Å². The second kappa shape index (κ2) is 4.78. The van der Waals surface area contributed by atoms with Gasteiger partial charge >= 0.3 is 0 Å². The summed E-state index contributed by atoms with van der Waals surface area (Å²) in [6.07, 6.45) is 1.78. The highest BCUT2D eigenvalue weighted by molar-refractivity contribution is 7.98. The van der Waals surface area contributed by atoms with Crippen LogP contribution in [-0.2, 0) is 5.75 Å². The van der Waals surface area contributed by atoms with Gasteiger partial charge in [0, 0.05) is 22.6 Å². The zero-order valence-electron chi connectivity index (χ0n) is 9.83. The van der Waals surface area contributed by atoms with Crippen molar-refractivity contribution in [2.75, 3.05) is 0 Å². The maximum absolute atomic E-state index is 5.04. The minimum absolute atomic E-state index is 0.736. The largest absolute Gasteiger partial charge is 0.361 e. The summed E-state index contributed by atoms with van der Waals surface area (Å²) in [5, 5.41) is 15.3. The Balaban J connectivity index is 1.86. The van der Waals surface area contributed by atoms with Gasteiger partial charge < -0.3 is 4.52 Å². The van der Waals surface area contributed by atoms with Gasteiger partial charge in [-0.1, -0.05) is 41.2 Å². The van der Waals surface area contributed by atoms with Crippen LogP contribution in [-0.4, -0.2) is 15.4 Å². The first-order chi connectivity index (χ1) is 8.83. The molecule has 0 unspecified atom stereocenters. The molecular weight excluding hydrogens is 246 g/mol. The molecule has 0 saturated heterocycles. The number of aromatic nitrogens is 3. The van der Waals surface area contributed by atoms with E-state index in [9.17, 15) is 0 Å². The van der Waals surface area contributed by atoms with Gasteiger partial charge in [0.25, 0.3) is 0 Å². The molecule has 18 heavy (non-hydrogen) atoms. The second-order valence-electron chi connectivity index (χ2n) is 3.95. The van der Waals surface area contributed by atoms with Crippen molar-refractivity contribution in [2.45, 2.75) is 17.7 Å². The van der Waals surface area contributed by atoms with Gasteiger partial charge in [0.1, 0.15) is 10.8 Å². The van der Waals surface area contributed by atoms with Crippen LogP contribution < -0.4 is 0 Å². The Morgan fingerprint density at radius 1 is 1.28 bits per heavy atom. The van der Waals surface area contributed by atoms with Crippen LogP contribution in [0.4, 0.5) is 0 Å². The number of aryl methyl sites for hydroxylation is 1. The van der Waals surface area contributed by atoms with E-state index in [0.717, 1.165) is 33.0 Å². The van der Waals surface area contributed by atoms with E-state index in [1.165, 1.54) is 0 Å². The van der Waals surface area contributed by atoms with Gasteiger partial charge in [-0.05, 0) is 6.92 Å². The Labute approximate surface area is 108 Å². The molecule has 3 rings (SSSR count). The molecule has 3 aromatic rings. The second-order valence-corrected chi connectivity index (χ2v) is 4.92. The number of fused-ring (bicyclic) bond motifs is 1. The molecule has 2 aromatic heterocycles. The summed E-state index contributed by atoms with van der Waals surface area (Å²) in [6, 6.07) is 10.0. The summed E-state index contributed by atoms with van der Waals surface area (Å²) in [7, 11) is 0. The Hall–Kier alpha value is -1.88. The highest BCUT2D eigenvalue weighted by atomic mass is 32.2. The van der Waals surface area contributed by atoms with Gasteiger partial charge in [-0.3, -0.25) is 0 Å². The molecule has 0 radical (unpaired) electrons. The molecule has 0 aliphatic heterocycles. The first-order valence-electron chi connectivity index (χ1n) is 5.58. The molecule has 0 spiro atoms. The molecule has 90 valence electrons. The van der Waals surface area contributed by atoms with Crippen molar-refractivity contribution in [3.63, 3.8) is 0 Å². The van der Waals surface area contributed by atoms with E-state index in [1.807, 2.05) is 31.2 Å². The van der Waals surface area contributed by atoms with Crippen molar-refractivity contribution in [3.8, 4) is 0 Å². The lowest BCUT2D eigenvalue weighted by Gasteiger charge is -2.02. The summed E-state index contributed by atoms with van der Waals surface area (Å²) in [6.45, 7) is 1.89. The predicted octanol–water partition coefficient (Wildman–Crippen LogP) is 3.22. The topological polar surface area (TPSA) is 51.8 Å². The highest BCUT2D eigenvalue weighted by Gasteiger charge is 2.06. The van der Waals surface area contributed by atoms with Gasteiger partial charge in [0.2, 0.25) is 0 Å². The molecule has 0 aliphatic rings. The maximum Gasteiger partial charge on any atom is 0.133 e. The highest BCUT2D eigenvalue weighted by Crippen LogP contribution is 2.27.